The zero-order chi connectivity index (χ0) is 15.9. The van der Waals surface area contributed by atoms with Gasteiger partial charge in [0.15, 0.2) is 0 Å². The van der Waals surface area contributed by atoms with E-state index in [1.165, 1.54) is 16.0 Å². The highest BCUT2D eigenvalue weighted by Crippen LogP contribution is 2.27. The maximum absolute atomic E-state index is 5.47. The first-order valence-corrected chi connectivity index (χ1v) is 8.59. The van der Waals surface area contributed by atoms with Crippen LogP contribution >= 0.6 is 11.3 Å². The quantitative estimate of drug-likeness (QED) is 0.695. The molecule has 23 heavy (non-hydrogen) atoms. The third-order valence-electron chi connectivity index (χ3n) is 3.45. The van der Waals surface area contributed by atoms with Gasteiger partial charge >= 0.3 is 0 Å². The van der Waals surface area contributed by atoms with Gasteiger partial charge < -0.3 is 10.1 Å². The van der Waals surface area contributed by atoms with E-state index in [4.69, 9.17) is 4.74 Å². The first-order chi connectivity index (χ1) is 11.3. The van der Waals surface area contributed by atoms with Crippen molar-refractivity contribution in [1.29, 1.82) is 0 Å². The molecule has 3 rings (SSSR count). The molecule has 0 aliphatic rings. The van der Waals surface area contributed by atoms with Crippen LogP contribution in [0, 0.1) is 0 Å². The van der Waals surface area contributed by atoms with Gasteiger partial charge in [-0.15, -0.1) is 11.3 Å². The minimum absolute atomic E-state index is 0.692. The maximum Gasteiger partial charge on any atom is 0.119 e. The fourth-order valence-electron chi connectivity index (χ4n) is 2.32. The molecule has 0 radical (unpaired) electrons. The molecule has 0 saturated heterocycles. The summed E-state index contributed by atoms with van der Waals surface area (Å²) in [6.07, 6.45) is 1.94. The normalized spacial score (nSPS) is 10.7. The standard InChI is InChI=1S/C19H20N2OS/c1-2-22-17-10-8-16(9-11-17)18-13-21-19(23-18)14-20-12-15-6-4-3-5-7-15/h3-11,13,20H,2,12,14H2,1H3. The van der Waals surface area contributed by atoms with Crippen LogP contribution < -0.4 is 10.1 Å². The van der Waals surface area contributed by atoms with E-state index < -0.39 is 0 Å². The second-order valence-electron chi connectivity index (χ2n) is 5.16. The van der Waals surface area contributed by atoms with Gasteiger partial charge in [0, 0.05) is 19.3 Å². The molecule has 1 aromatic heterocycles. The average molecular weight is 324 g/mol. The molecule has 0 spiro atoms. The SMILES string of the molecule is CCOc1ccc(-c2cnc(CNCc3ccccc3)s2)cc1. The van der Waals surface area contributed by atoms with E-state index >= 15 is 0 Å². The van der Waals surface area contributed by atoms with Gasteiger partial charge in [-0.25, -0.2) is 4.98 Å². The Balaban J connectivity index is 1.57. The molecule has 0 saturated carbocycles. The fraction of sp³-hybridized carbons (Fsp3) is 0.211. The summed E-state index contributed by atoms with van der Waals surface area (Å²) in [6, 6.07) is 18.6. The Kier molecular flexibility index (Phi) is 5.40. The summed E-state index contributed by atoms with van der Waals surface area (Å²) in [5.74, 6) is 0.908. The number of nitrogens with zero attached hydrogens (tertiary/aromatic N) is 1. The van der Waals surface area contributed by atoms with E-state index in [1.807, 2.05) is 31.3 Å². The van der Waals surface area contributed by atoms with Crippen LogP contribution in [0.25, 0.3) is 10.4 Å². The average Bonchev–Trinajstić information content (AvgIpc) is 3.06. The molecule has 0 bridgehead atoms. The molecule has 1 heterocycles. The van der Waals surface area contributed by atoms with Gasteiger partial charge in [-0.3, -0.25) is 0 Å². The molecule has 3 nitrogen and oxygen atoms in total. The van der Waals surface area contributed by atoms with Crippen molar-refractivity contribution in [2.75, 3.05) is 6.61 Å². The van der Waals surface area contributed by atoms with Crippen molar-refractivity contribution >= 4 is 11.3 Å². The first kappa shape index (κ1) is 15.7. The largest absolute Gasteiger partial charge is 0.494 e. The van der Waals surface area contributed by atoms with Crippen LogP contribution in [0.2, 0.25) is 0 Å². The summed E-state index contributed by atoms with van der Waals surface area (Å²) < 4.78 is 5.47. The predicted molar refractivity (Wildman–Crippen MR) is 95.7 cm³/mol. The van der Waals surface area contributed by atoms with Crippen LogP contribution in [0.5, 0.6) is 5.75 Å². The summed E-state index contributed by atoms with van der Waals surface area (Å²) in [4.78, 5) is 5.69. The van der Waals surface area contributed by atoms with Crippen molar-refractivity contribution in [1.82, 2.24) is 10.3 Å². The minimum atomic E-state index is 0.692. The highest BCUT2D eigenvalue weighted by molar-refractivity contribution is 7.15. The zero-order valence-corrected chi connectivity index (χ0v) is 14.0. The molecule has 4 heteroatoms. The van der Waals surface area contributed by atoms with Crippen LogP contribution in [0.1, 0.15) is 17.5 Å². The highest BCUT2D eigenvalue weighted by Gasteiger charge is 2.05. The first-order valence-electron chi connectivity index (χ1n) is 7.77. The second-order valence-corrected chi connectivity index (χ2v) is 6.28. The Morgan fingerprint density at radius 2 is 1.78 bits per heavy atom. The van der Waals surface area contributed by atoms with Crippen molar-refractivity contribution in [3.8, 4) is 16.2 Å². The number of hydrogen-bond donors (Lipinski definition) is 1. The van der Waals surface area contributed by atoms with Crippen LogP contribution in [0.4, 0.5) is 0 Å². The minimum Gasteiger partial charge on any atom is -0.494 e. The Labute approximate surface area is 141 Å². The van der Waals surface area contributed by atoms with Crippen LogP contribution in [-0.4, -0.2) is 11.6 Å². The Bertz CT molecular complexity index is 723. The Hall–Kier alpha value is -2.17. The molecule has 0 amide bonds. The van der Waals surface area contributed by atoms with E-state index in [0.29, 0.717) is 6.61 Å². The highest BCUT2D eigenvalue weighted by atomic mass is 32.1. The number of rotatable bonds is 7. The molecule has 0 atom stereocenters. The van der Waals surface area contributed by atoms with Gasteiger partial charge in [-0.05, 0) is 42.3 Å². The lowest BCUT2D eigenvalue weighted by molar-refractivity contribution is 0.340. The lowest BCUT2D eigenvalue weighted by atomic mass is 10.2. The molecular weight excluding hydrogens is 304 g/mol. The molecule has 2 aromatic carbocycles. The van der Waals surface area contributed by atoms with Crippen molar-refractivity contribution in [2.24, 2.45) is 0 Å². The van der Waals surface area contributed by atoms with Crippen molar-refractivity contribution in [3.63, 3.8) is 0 Å². The van der Waals surface area contributed by atoms with Crippen molar-refractivity contribution in [3.05, 3.63) is 71.4 Å². The van der Waals surface area contributed by atoms with Crippen LogP contribution in [0.15, 0.2) is 60.8 Å². The zero-order valence-electron chi connectivity index (χ0n) is 13.2. The van der Waals surface area contributed by atoms with Crippen molar-refractivity contribution < 1.29 is 4.74 Å². The predicted octanol–water partition coefficient (Wildman–Crippen LogP) is 4.50. The summed E-state index contributed by atoms with van der Waals surface area (Å²) in [6.45, 7) is 4.33. The van der Waals surface area contributed by atoms with Crippen LogP contribution in [0.3, 0.4) is 0 Å². The van der Waals surface area contributed by atoms with Gasteiger partial charge in [0.1, 0.15) is 10.8 Å². The van der Waals surface area contributed by atoms with Gasteiger partial charge in [0.2, 0.25) is 0 Å². The van der Waals surface area contributed by atoms with Gasteiger partial charge in [0.25, 0.3) is 0 Å². The number of benzene rings is 2. The van der Waals surface area contributed by atoms with E-state index in [2.05, 4.69) is 46.7 Å². The van der Waals surface area contributed by atoms with E-state index in [1.54, 1.807) is 11.3 Å². The Morgan fingerprint density at radius 1 is 1.00 bits per heavy atom. The number of aromatic nitrogens is 1. The van der Waals surface area contributed by atoms with Gasteiger partial charge in [0.05, 0.1) is 11.5 Å². The van der Waals surface area contributed by atoms with Gasteiger partial charge in [-0.2, -0.15) is 0 Å². The van der Waals surface area contributed by atoms with Crippen LogP contribution in [-0.2, 0) is 13.1 Å². The topological polar surface area (TPSA) is 34.1 Å². The maximum atomic E-state index is 5.47. The number of nitrogens with one attached hydrogen (secondary N) is 1. The number of hydrogen-bond acceptors (Lipinski definition) is 4. The molecular formula is C19H20N2OS. The molecule has 0 aliphatic carbocycles. The van der Waals surface area contributed by atoms with E-state index in [-0.39, 0.29) is 0 Å². The summed E-state index contributed by atoms with van der Waals surface area (Å²) in [7, 11) is 0. The number of ether oxygens (including phenoxy) is 1. The van der Waals surface area contributed by atoms with E-state index in [0.717, 1.165) is 23.8 Å². The van der Waals surface area contributed by atoms with Gasteiger partial charge in [-0.1, -0.05) is 30.3 Å². The molecule has 0 unspecified atom stereocenters. The molecule has 0 fully saturated rings. The van der Waals surface area contributed by atoms with Crippen molar-refractivity contribution in [2.45, 2.75) is 20.0 Å². The summed E-state index contributed by atoms with van der Waals surface area (Å²) >= 11 is 1.73. The van der Waals surface area contributed by atoms with E-state index in [9.17, 15) is 0 Å². The number of thiazole rings is 1. The lowest BCUT2D eigenvalue weighted by Crippen LogP contribution is -2.12. The third kappa shape index (κ3) is 4.41. The monoisotopic (exact) mass is 324 g/mol. The molecule has 3 aromatic rings. The summed E-state index contributed by atoms with van der Waals surface area (Å²) in [5, 5.41) is 4.54. The lowest BCUT2D eigenvalue weighted by Gasteiger charge is -2.03. The fourth-order valence-corrected chi connectivity index (χ4v) is 3.21. The Morgan fingerprint density at radius 3 is 2.52 bits per heavy atom. The molecule has 0 aliphatic heterocycles. The second kappa shape index (κ2) is 7.90. The smallest absolute Gasteiger partial charge is 0.119 e. The third-order valence-corrected chi connectivity index (χ3v) is 4.50. The molecule has 118 valence electrons. The summed E-state index contributed by atoms with van der Waals surface area (Å²) in [5.41, 5.74) is 2.47. The molecule has 1 N–H and O–H groups in total.